The molecule has 0 saturated carbocycles. The van der Waals surface area contributed by atoms with Gasteiger partial charge in [-0.05, 0) is 35.1 Å². The van der Waals surface area contributed by atoms with Gasteiger partial charge in [0, 0.05) is 16.0 Å². The number of rotatable bonds is 5. The third-order valence-corrected chi connectivity index (χ3v) is 5.10. The summed E-state index contributed by atoms with van der Waals surface area (Å²) in [5, 5.41) is 2.36. The molecule has 1 atom stereocenters. The van der Waals surface area contributed by atoms with Crippen LogP contribution in [0, 0.1) is 0 Å². The summed E-state index contributed by atoms with van der Waals surface area (Å²) in [6.45, 7) is 2.12. The molecule has 0 amide bonds. The summed E-state index contributed by atoms with van der Waals surface area (Å²) < 4.78 is 10.6. The van der Waals surface area contributed by atoms with E-state index in [1.165, 1.54) is 5.56 Å². The molecule has 0 saturated heterocycles. The maximum Gasteiger partial charge on any atom is 0.162 e. The molecule has 1 aromatic heterocycles. The van der Waals surface area contributed by atoms with Crippen molar-refractivity contribution in [3.8, 4) is 11.5 Å². The van der Waals surface area contributed by atoms with Gasteiger partial charge in [-0.1, -0.05) is 18.5 Å². The number of aryl methyl sites for hydroxylation is 1. The van der Waals surface area contributed by atoms with E-state index in [9.17, 15) is 0 Å². The van der Waals surface area contributed by atoms with E-state index in [-0.39, 0.29) is 5.38 Å². The lowest BCUT2D eigenvalue weighted by Gasteiger charge is -2.15. The van der Waals surface area contributed by atoms with E-state index in [0.29, 0.717) is 16.5 Å². The second-order valence-electron chi connectivity index (χ2n) is 4.25. The van der Waals surface area contributed by atoms with Gasteiger partial charge in [-0.2, -0.15) is 0 Å². The monoisotopic (exact) mass is 330 g/mol. The SMILES string of the molecule is CCc1ccsc1C(Cl)c1cc(OC)c(OC)cc1Cl. The molecule has 5 heteroatoms. The Morgan fingerprint density at radius 1 is 1.20 bits per heavy atom. The molecule has 2 aromatic rings. The minimum atomic E-state index is -0.280. The standard InChI is InChI=1S/C15H16Cl2O2S/c1-4-9-5-6-20-15(9)14(17)10-7-12(18-2)13(19-3)8-11(10)16/h5-8,14H,4H2,1-3H3. The highest BCUT2D eigenvalue weighted by Gasteiger charge is 2.21. The minimum absolute atomic E-state index is 0.280. The van der Waals surface area contributed by atoms with Crippen LogP contribution in [0.5, 0.6) is 11.5 Å². The number of alkyl halides is 1. The summed E-state index contributed by atoms with van der Waals surface area (Å²) in [7, 11) is 3.18. The highest BCUT2D eigenvalue weighted by molar-refractivity contribution is 7.10. The molecular weight excluding hydrogens is 315 g/mol. The van der Waals surface area contributed by atoms with Gasteiger partial charge in [0.05, 0.1) is 19.6 Å². The summed E-state index contributed by atoms with van der Waals surface area (Å²) in [6, 6.07) is 5.69. The Labute approximate surface area is 133 Å². The normalized spacial score (nSPS) is 12.2. The first kappa shape index (κ1) is 15.5. The van der Waals surface area contributed by atoms with Crippen LogP contribution in [0.15, 0.2) is 23.6 Å². The van der Waals surface area contributed by atoms with Gasteiger partial charge in [-0.25, -0.2) is 0 Å². The van der Waals surface area contributed by atoms with Crippen LogP contribution in [0.3, 0.4) is 0 Å². The lowest BCUT2D eigenvalue weighted by molar-refractivity contribution is 0.354. The van der Waals surface area contributed by atoms with Gasteiger partial charge in [0.1, 0.15) is 0 Å². The minimum Gasteiger partial charge on any atom is -0.493 e. The second kappa shape index (κ2) is 6.70. The first-order valence-electron chi connectivity index (χ1n) is 6.24. The van der Waals surface area contributed by atoms with E-state index >= 15 is 0 Å². The Balaban J connectivity index is 2.46. The number of methoxy groups -OCH3 is 2. The summed E-state index contributed by atoms with van der Waals surface area (Å²) in [5.41, 5.74) is 2.09. The van der Waals surface area contributed by atoms with Gasteiger partial charge in [0.2, 0.25) is 0 Å². The van der Waals surface area contributed by atoms with Gasteiger partial charge >= 0.3 is 0 Å². The number of benzene rings is 1. The Kier molecular flexibility index (Phi) is 5.19. The van der Waals surface area contributed by atoms with E-state index in [4.69, 9.17) is 32.7 Å². The quantitative estimate of drug-likeness (QED) is 0.691. The smallest absolute Gasteiger partial charge is 0.162 e. The highest BCUT2D eigenvalue weighted by Crippen LogP contribution is 2.42. The summed E-state index contributed by atoms with van der Waals surface area (Å²) in [4.78, 5) is 1.13. The van der Waals surface area contributed by atoms with Crippen LogP contribution < -0.4 is 9.47 Å². The fourth-order valence-electron chi connectivity index (χ4n) is 2.07. The third-order valence-electron chi connectivity index (χ3n) is 3.17. The molecule has 0 aliphatic carbocycles. The number of thiophene rings is 1. The maximum atomic E-state index is 6.62. The molecule has 0 fully saturated rings. The molecule has 0 radical (unpaired) electrons. The van der Waals surface area contributed by atoms with Crippen LogP contribution >= 0.6 is 34.5 Å². The van der Waals surface area contributed by atoms with Crippen LogP contribution in [-0.4, -0.2) is 14.2 Å². The van der Waals surface area contributed by atoms with Crippen molar-refractivity contribution in [2.75, 3.05) is 14.2 Å². The van der Waals surface area contributed by atoms with Crippen molar-refractivity contribution in [3.63, 3.8) is 0 Å². The first-order valence-corrected chi connectivity index (χ1v) is 7.93. The average molecular weight is 331 g/mol. The van der Waals surface area contributed by atoms with Crippen molar-refractivity contribution >= 4 is 34.5 Å². The summed E-state index contributed by atoms with van der Waals surface area (Å²) in [5.74, 6) is 1.24. The van der Waals surface area contributed by atoms with Crippen molar-refractivity contribution < 1.29 is 9.47 Å². The number of hydrogen-bond acceptors (Lipinski definition) is 3. The summed E-state index contributed by atoms with van der Waals surface area (Å²) in [6.07, 6.45) is 0.951. The molecular formula is C15H16Cl2O2S. The fourth-order valence-corrected chi connectivity index (χ4v) is 3.85. The largest absolute Gasteiger partial charge is 0.493 e. The van der Waals surface area contributed by atoms with Gasteiger partial charge in [0.15, 0.2) is 11.5 Å². The Bertz CT molecular complexity index is 596. The maximum absolute atomic E-state index is 6.62. The second-order valence-corrected chi connectivity index (χ2v) is 6.05. The van der Waals surface area contributed by atoms with E-state index in [2.05, 4.69) is 18.4 Å². The van der Waals surface area contributed by atoms with Gasteiger partial charge in [0.25, 0.3) is 0 Å². The first-order chi connectivity index (χ1) is 9.62. The molecule has 20 heavy (non-hydrogen) atoms. The zero-order valence-electron chi connectivity index (χ0n) is 11.6. The number of hydrogen-bond donors (Lipinski definition) is 0. The molecule has 0 bridgehead atoms. The molecule has 0 spiro atoms. The van der Waals surface area contributed by atoms with Crippen molar-refractivity contribution in [2.24, 2.45) is 0 Å². The van der Waals surface area contributed by atoms with Crippen molar-refractivity contribution in [1.29, 1.82) is 0 Å². The van der Waals surface area contributed by atoms with Gasteiger partial charge in [-0.3, -0.25) is 0 Å². The lowest BCUT2D eigenvalue weighted by Crippen LogP contribution is -1.98. The predicted octanol–water partition coefficient (Wildman–Crippen LogP) is 5.31. The fraction of sp³-hybridized carbons (Fsp3) is 0.333. The average Bonchev–Trinajstić information content (AvgIpc) is 2.94. The van der Waals surface area contributed by atoms with E-state index in [1.807, 2.05) is 6.07 Å². The molecule has 2 nitrogen and oxygen atoms in total. The molecule has 1 heterocycles. The summed E-state index contributed by atoms with van der Waals surface area (Å²) >= 11 is 14.6. The number of ether oxygens (including phenoxy) is 2. The zero-order chi connectivity index (χ0) is 14.7. The Morgan fingerprint density at radius 2 is 1.85 bits per heavy atom. The molecule has 0 aliphatic heterocycles. The van der Waals surface area contributed by atoms with Gasteiger partial charge in [-0.15, -0.1) is 22.9 Å². The Morgan fingerprint density at radius 3 is 2.45 bits per heavy atom. The molecule has 0 aliphatic rings. The van der Waals surface area contributed by atoms with E-state index < -0.39 is 0 Å². The van der Waals surface area contributed by atoms with E-state index in [0.717, 1.165) is 16.9 Å². The topological polar surface area (TPSA) is 18.5 Å². The van der Waals surface area contributed by atoms with Crippen LogP contribution in [0.2, 0.25) is 5.02 Å². The highest BCUT2D eigenvalue weighted by atomic mass is 35.5. The van der Waals surface area contributed by atoms with E-state index in [1.54, 1.807) is 31.6 Å². The van der Waals surface area contributed by atoms with Crippen molar-refractivity contribution in [1.82, 2.24) is 0 Å². The number of halogens is 2. The van der Waals surface area contributed by atoms with Crippen LogP contribution in [0.25, 0.3) is 0 Å². The Hall–Kier alpha value is -0.900. The lowest BCUT2D eigenvalue weighted by atomic mass is 10.1. The van der Waals surface area contributed by atoms with Crippen LogP contribution in [0.1, 0.15) is 28.3 Å². The van der Waals surface area contributed by atoms with Gasteiger partial charge < -0.3 is 9.47 Å². The van der Waals surface area contributed by atoms with Crippen LogP contribution in [0.4, 0.5) is 0 Å². The third kappa shape index (κ3) is 2.90. The molecule has 0 N–H and O–H groups in total. The molecule has 2 rings (SSSR count). The molecule has 1 unspecified atom stereocenters. The van der Waals surface area contributed by atoms with Crippen molar-refractivity contribution in [2.45, 2.75) is 18.7 Å². The van der Waals surface area contributed by atoms with Crippen molar-refractivity contribution in [3.05, 3.63) is 44.6 Å². The molecule has 1 aromatic carbocycles. The molecule has 108 valence electrons. The predicted molar refractivity (Wildman–Crippen MR) is 85.9 cm³/mol. The zero-order valence-corrected chi connectivity index (χ0v) is 13.9. The van der Waals surface area contributed by atoms with Crippen LogP contribution in [-0.2, 0) is 6.42 Å².